The maximum Gasteiger partial charge on any atom is 0.191 e. The molecule has 2 N–H and O–H groups in total. The van der Waals surface area contributed by atoms with E-state index in [1.54, 1.807) is 31.3 Å². The molecule has 7 heteroatoms. The summed E-state index contributed by atoms with van der Waals surface area (Å²) in [5.74, 6) is 0.767. The molecule has 26 heavy (non-hydrogen) atoms. The van der Waals surface area contributed by atoms with Gasteiger partial charge in [-0.3, -0.25) is 4.99 Å². The fourth-order valence-electron chi connectivity index (χ4n) is 2.44. The number of sulfone groups is 1. The van der Waals surface area contributed by atoms with E-state index in [0.29, 0.717) is 23.8 Å². The monoisotopic (exact) mass is 487 g/mol. The number of rotatable bonds is 7. The highest BCUT2D eigenvalue weighted by Gasteiger charge is 2.13. The van der Waals surface area contributed by atoms with Crippen LogP contribution in [0.2, 0.25) is 0 Å². The number of guanidine groups is 1. The lowest BCUT2D eigenvalue weighted by atomic mass is 10.1. The summed E-state index contributed by atoms with van der Waals surface area (Å²) in [6.07, 6.45) is 0.512. The van der Waals surface area contributed by atoms with Gasteiger partial charge in [-0.1, -0.05) is 48.5 Å². The third-order valence-electron chi connectivity index (χ3n) is 3.86. The van der Waals surface area contributed by atoms with E-state index in [4.69, 9.17) is 0 Å². The molecule has 0 radical (unpaired) electrons. The van der Waals surface area contributed by atoms with Gasteiger partial charge in [-0.25, -0.2) is 8.42 Å². The molecule has 0 fully saturated rings. The molecule has 0 aliphatic carbocycles. The highest BCUT2D eigenvalue weighted by Crippen LogP contribution is 2.11. The molecule has 0 heterocycles. The van der Waals surface area contributed by atoms with Crippen molar-refractivity contribution < 1.29 is 8.42 Å². The molecule has 0 aliphatic heterocycles. The van der Waals surface area contributed by atoms with Crippen LogP contribution in [0.1, 0.15) is 24.9 Å². The minimum Gasteiger partial charge on any atom is -0.356 e. The smallest absolute Gasteiger partial charge is 0.191 e. The molecule has 1 unspecified atom stereocenters. The van der Waals surface area contributed by atoms with E-state index in [9.17, 15) is 8.42 Å². The normalized spacial score (nSPS) is 12.8. The van der Waals surface area contributed by atoms with Crippen LogP contribution >= 0.6 is 24.0 Å². The average molecular weight is 487 g/mol. The van der Waals surface area contributed by atoms with Crippen molar-refractivity contribution in [2.75, 3.05) is 19.3 Å². The Morgan fingerprint density at radius 3 is 2.19 bits per heavy atom. The lowest BCUT2D eigenvalue weighted by Crippen LogP contribution is -2.39. The molecule has 2 aromatic carbocycles. The summed E-state index contributed by atoms with van der Waals surface area (Å²) in [4.78, 5) is 4.56. The van der Waals surface area contributed by atoms with E-state index in [-0.39, 0.29) is 35.8 Å². The summed E-state index contributed by atoms with van der Waals surface area (Å²) < 4.78 is 24.5. The van der Waals surface area contributed by atoms with Crippen LogP contribution in [0.5, 0.6) is 0 Å². The summed E-state index contributed by atoms with van der Waals surface area (Å²) >= 11 is 0. The lowest BCUT2D eigenvalue weighted by Gasteiger charge is -2.18. The first kappa shape index (κ1) is 22.4. The lowest BCUT2D eigenvalue weighted by molar-refractivity contribution is 0.592. The molecule has 0 saturated heterocycles. The van der Waals surface area contributed by atoms with Gasteiger partial charge in [0.25, 0.3) is 0 Å². The Labute approximate surface area is 173 Å². The van der Waals surface area contributed by atoms with Crippen molar-refractivity contribution in [1.82, 2.24) is 10.6 Å². The first-order valence-corrected chi connectivity index (χ1v) is 9.98. The van der Waals surface area contributed by atoms with Gasteiger partial charge < -0.3 is 10.6 Å². The SMILES string of the molecule is CN=C(NCCCS(=O)(=O)c1ccccc1)NC(C)c1ccccc1.I. The molecule has 1 atom stereocenters. The molecule has 2 aromatic rings. The van der Waals surface area contributed by atoms with Crippen LogP contribution in [0.15, 0.2) is 70.6 Å². The highest BCUT2D eigenvalue weighted by molar-refractivity contribution is 14.0. The number of hydrogen-bond donors (Lipinski definition) is 2. The zero-order valence-corrected chi connectivity index (χ0v) is 18.2. The summed E-state index contributed by atoms with van der Waals surface area (Å²) in [5.41, 5.74) is 1.16. The van der Waals surface area contributed by atoms with E-state index in [1.807, 2.05) is 24.3 Å². The number of aliphatic imine (C=N–C) groups is 1. The van der Waals surface area contributed by atoms with Gasteiger partial charge in [-0.15, -0.1) is 24.0 Å². The molecule has 142 valence electrons. The van der Waals surface area contributed by atoms with Gasteiger partial charge in [0.2, 0.25) is 0 Å². The Morgan fingerprint density at radius 1 is 1.04 bits per heavy atom. The third kappa shape index (κ3) is 6.95. The molecule has 0 aromatic heterocycles. The van der Waals surface area contributed by atoms with Crippen molar-refractivity contribution in [3.8, 4) is 0 Å². The van der Waals surface area contributed by atoms with Crippen molar-refractivity contribution in [1.29, 1.82) is 0 Å². The van der Waals surface area contributed by atoms with Crippen LogP contribution in [-0.2, 0) is 9.84 Å². The quantitative estimate of drug-likeness (QED) is 0.272. The molecule has 0 bridgehead atoms. The largest absolute Gasteiger partial charge is 0.356 e. The third-order valence-corrected chi connectivity index (χ3v) is 5.68. The molecule has 0 saturated carbocycles. The van der Waals surface area contributed by atoms with Crippen LogP contribution < -0.4 is 10.6 Å². The predicted octanol–water partition coefficient (Wildman–Crippen LogP) is 3.39. The van der Waals surface area contributed by atoms with Gasteiger partial charge in [-0.2, -0.15) is 0 Å². The number of nitrogens with zero attached hydrogens (tertiary/aromatic N) is 1. The van der Waals surface area contributed by atoms with Gasteiger partial charge in [0.05, 0.1) is 16.7 Å². The summed E-state index contributed by atoms with van der Waals surface area (Å²) in [5, 5.41) is 6.47. The Kier molecular flexibility index (Phi) is 9.64. The Balaban J connectivity index is 0.00000338. The second-order valence-corrected chi connectivity index (χ2v) is 7.87. The standard InChI is InChI=1S/C19H25N3O2S.HI/c1-16(17-10-5-3-6-11-17)22-19(20-2)21-14-9-15-25(23,24)18-12-7-4-8-13-18;/h3-8,10-13,16H,9,14-15H2,1-2H3,(H2,20,21,22);1H. The second kappa shape index (κ2) is 11.2. The zero-order valence-electron chi connectivity index (χ0n) is 15.1. The summed E-state index contributed by atoms with van der Waals surface area (Å²) in [6.45, 7) is 2.59. The highest BCUT2D eigenvalue weighted by atomic mass is 127. The molecular formula is C19H26IN3O2S. The van der Waals surface area contributed by atoms with Gasteiger partial charge in [0.1, 0.15) is 0 Å². The van der Waals surface area contributed by atoms with Crippen molar-refractivity contribution >= 4 is 39.8 Å². The maximum absolute atomic E-state index is 12.2. The number of nitrogens with one attached hydrogen (secondary N) is 2. The molecule has 0 aliphatic rings. The topological polar surface area (TPSA) is 70.6 Å². The van der Waals surface area contributed by atoms with Crippen molar-refractivity contribution in [3.05, 3.63) is 66.2 Å². The van der Waals surface area contributed by atoms with Gasteiger partial charge in [0, 0.05) is 13.6 Å². The van der Waals surface area contributed by atoms with E-state index in [0.717, 1.165) is 5.56 Å². The molecular weight excluding hydrogens is 461 g/mol. The first-order valence-electron chi connectivity index (χ1n) is 8.33. The first-order chi connectivity index (χ1) is 12.0. The fraction of sp³-hybridized carbons (Fsp3) is 0.316. The van der Waals surface area contributed by atoms with Gasteiger partial charge >= 0.3 is 0 Å². The van der Waals surface area contributed by atoms with Gasteiger partial charge in [0.15, 0.2) is 15.8 Å². The van der Waals surface area contributed by atoms with Crippen LogP contribution in [0, 0.1) is 0 Å². The van der Waals surface area contributed by atoms with Gasteiger partial charge in [-0.05, 0) is 31.0 Å². The number of halogens is 1. The van der Waals surface area contributed by atoms with E-state index in [2.05, 4.69) is 34.7 Å². The fourth-order valence-corrected chi connectivity index (χ4v) is 3.77. The van der Waals surface area contributed by atoms with E-state index >= 15 is 0 Å². The minimum absolute atomic E-state index is 0. The minimum atomic E-state index is -3.23. The second-order valence-electron chi connectivity index (χ2n) is 5.76. The van der Waals surface area contributed by atoms with Crippen molar-refractivity contribution in [2.45, 2.75) is 24.3 Å². The summed E-state index contributed by atoms with van der Waals surface area (Å²) in [6, 6.07) is 18.7. The Bertz CT molecular complexity index is 781. The molecule has 2 rings (SSSR count). The number of hydrogen-bond acceptors (Lipinski definition) is 3. The van der Waals surface area contributed by atoms with E-state index < -0.39 is 9.84 Å². The number of benzene rings is 2. The Hall–Kier alpha value is -1.61. The predicted molar refractivity (Wildman–Crippen MR) is 118 cm³/mol. The molecule has 0 spiro atoms. The maximum atomic E-state index is 12.2. The van der Waals surface area contributed by atoms with Crippen LogP contribution in [0.25, 0.3) is 0 Å². The molecule has 0 amide bonds. The van der Waals surface area contributed by atoms with Crippen LogP contribution in [0.4, 0.5) is 0 Å². The van der Waals surface area contributed by atoms with Crippen molar-refractivity contribution in [2.24, 2.45) is 4.99 Å². The average Bonchev–Trinajstić information content (AvgIpc) is 2.65. The van der Waals surface area contributed by atoms with Crippen molar-refractivity contribution in [3.63, 3.8) is 0 Å². The molecule has 5 nitrogen and oxygen atoms in total. The zero-order chi connectivity index (χ0) is 18.1. The van der Waals surface area contributed by atoms with Crippen LogP contribution in [0.3, 0.4) is 0 Å². The summed E-state index contributed by atoms with van der Waals surface area (Å²) in [7, 11) is -1.53. The Morgan fingerprint density at radius 2 is 1.62 bits per heavy atom. The van der Waals surface area contributed by atoms with E-state index in [1.165, 1.54) is 0 Å². The van der Waals surface area contributed by atoms with Crippen LogP contribution in [-0.4, -0.2) is 33.7 Å².